The molecule has 0 saturated carbocycles. The van der Waals surface area contributed by atoms with Gasteiger partial charge in [-0.05, 0) is 60.5 Å². The first-order valence-electron chi connectivity index (χ1n) is 10.6. The van der Waals surface area contributed by atoms with Gasteiger partial charge in [0.15, 0.2) is 0 Å². The van der Waals surface area contributed by atoms with Crippen molar-refractivity contribution in [2.24, 2.45) is 0 Å². The first-order valence-corrected chi connectivity index (χ1v) is 10.6. The van der Waals surface area contributed by atoms with Crippen molar-refractivity contribution in [2.45, 2.75) is 32.6 Å². The van der Waals surface area contributed by atoms with Gasteiger partial charge in [-0.3, -0.25) is 4.79 Å². The minimum atomic E-state index is -0.148. The number of unbranched alkanes of at least 4 members (excludes halogenated alkanes) is 2. The highest BCUT2D eigenvalue weighted by molar-refractivity contribution is 6.04. The van der Waals surface area contributed by atoms with Gasteiger partial charge < -0.3 is 14.8 Å². The molecule has 0 atom stereocenters. The van der Waals surface area contributed by atoms with E-state index in [2.05, 4.69) is 24.4 Å². The first kappa shape index (κ1) is 21.4. The minimum Gasteiger partial charge on any atom is -0.494 e. The van der Waals surface area contributed by atoms with Crippen LogP contribution in [0, 0.1) is 0 Å². The van der Waals surface area contributed by atoms with Crippen LogP contribution in [0.1, 0.15) is 42.1 Å². The Bertz CT molecular complexity index is 890. The fourth-order valence-electron chi connectivity index (χ4n) is 3.01. The van der Waals surface area contributed by atoms with Crippen molar-refractivity contribution in [3.8, 4) is 11.5 Å². The van der Waals surface area contributed by atoms with E-state index in [0.717, 1.165) is 36.4 Å². The summed E-state index contributed by atoms with van der Waals surface area (Å²) in [6.07, 6.45) is 4.24. The predicted octanol–water partition coefficient (Wildman–Crippen LogP) is 6.13. The van der Waals surface area contributed by atoms with Crippen LogP contribution in [-0.2, 0) is 6.42 Å². The smallest absolute Gasteiger partial charge is 0.255 e. The van der Waals surface area contributed by atoms with Crippen molar-refractivity contribution in [3.05, 3.63) is 90.0 Å². The zero-order valence-corrected chi connectivity index (χ0v) is 17.5. The maximum atomic E-state index is 12.5. The monoisotopic (exact) mass is 403 g/mol. The van der Waals surface area contributed by atoms with E-state index >= 15 is 0 Å². The van der Waals surface area contributed by atoms with Crippen molar-refractivity contribution >= 4 is 11.6 Å². The number of amides is 1. The van der Waals surface area contributed by atoms with Gasteiger partial charge in [-0.1, -0.05) is 50.1 Å². The first-order chi connectivity index (χ1) is 14.7. The summed E-state index contributed by atoms with van der Waals surface area (Å²) >= 11 is 0. The standard InChI is InChI=1S/C26H29NO3/c1-2-3-7-19-29-24-14-10-22(11-15-24)26(28)27-23-12-16-25(17-13-23)30-20-18-21-8-5-4-6-9-21/h4-6,8-17H,2-3,7,18-20H2,1H3,(H,27,28). The van der Waals surface area contributed by atoms with Crippen LogP contribution in [0.15, 0.2) is 78.9 Å². The Morgan fingerprint density at radius 2 is 1.40 bits per heavy atom. The van der Waals surface area contributed by atoms with Crippen LogP contribution in [0.2, 0.25) is 0 Å². The molecular weight excluding hydrogens is 374 g/mol. The molecule has 0 radical (unpaired) electrons. The van der Waals surface area contributed by atoms with Crippen molar-refractivity contribution < 1.29 is 14.3 Å². The average Bonchev–Trinajstić information content (AvgIpc) is 2.79. The Morgan fingerprint density at radius 1 is 0.767 bits per heavy atom. The average molecular weight is 404 g/mol. The minimum absolute atomic E-state index is 0.148. The third-order valence-corrected chi connectivity index (χ3v) is 4.75. The van der Waals surface area contributed by atoms with E-state index in [4.69, 9.17) is 9.47 Å². The van der Waals surface area contributed by atoms with Crippen molar-refractivity contribution in [1.29, 1.82) is 0 Å². The van der Waals surface area contributed by atoms with Gasteiger partial charge in [0.05, 0.1) is 13.2 Å². The largest absolute Gasteiger partial charge is 0.494 e. The predicted molar refractivity (Wildman–Crippen MR) is 121 cm³/mol. The van der Waals surface area contributed by atoms with Gasteiger partial charge in [-0.15, -0.1) is 0 Å². The maximum absolute atomic E-state index is 12.5. The van der Waals surface area contributed by atoms with Crippen molar-refractivity contribution in [3.63, 3.8) is 0 Å². The highest BCUT2D eigenvalue weighted by atomic mass is 16.5. The van der Waals surface area contributed by atoms with E-state index < -0.39 is 0 Å². The number of ether oxygens (including phenoxy) is 2. The molecule has 30 heavy (non-hydrogen) atoms. The third kappa shape index (κ3) is 6.96. The van der Waals surface area contributed by atoms with E-state index in [0.29, 0.717) is 18.8 Å². The highest BCUT2D eigenvalue weighted by Crippen LogP contribution is 2.18. The second-order valence-corrected chi connectivity index (χ2v) is 7.14. The number of nitrogens with one attached hydrogen (secondary N) is 1. The summed E-state index contributed by atoms with van der Waals surface area (Å²) in [5, 5.41) is 2.91. The van der Waals surface area contributed by atoms with E-state index in [-0.39, 0.29) is 5.91 Å². The molecule has 1 N–H and O–H groups in total. The van der Waals surface area contributed by atoms with E-state index in [1.54, 1.807) is 12.1 Å². The zero-order chi connectivity index (χ0) is 21.0. The van der Waals surface area contributed by atoms with E-state index in [1.165, 1.54) is 12.0 Å². The lowest BCUT2D eigenvalue weighted by Gasteiger charge is -2.09. The molecule has 0 saturated heterocycles. The van der Waals surface area contributed by atoms with Gasteiger partial charge in [-0.2, -0.15) is 0 Å². The zero-order valence-electron chi connectivity index (χ0n) is 17.5. The number of hydrogen-bond donors (Lipinski definition) is 1. The van der Waals surface area contributed by atoms with Crippen molar-refractivity contribution in [2.75, 3.05) is 18.5 Å². The van der Waals surface area contributed by atoms with Crippen LogP contribution >= 0.6 is 0 Å². The van der Waals surface area contributed by atoms with E-state index in [9.17, 15) is 4.79 Å². The van der Waals surface area contributed by atoms with Crippen LogP contribution in [0.4, 0.5) is 5.69 Å². The molecular formula is C26H29NO3. The van der Waals surface area contributed by atoms with Gasteiger partial charge in [0.25, 0.3) is 5.91 Å². The molecule has 0 aliphatic carbocycles. The van der Waals surface area contributed by atoms with E-state index in [1.807, 2.05) is 54.6 Å². The molecule has 0 fully saturated rings. The van der Waals surface area contributed by atoms with Gasteiger partial charge in [-0.25, -0.2) is 0 Å². The molecule has 4 nitrogen and oxygen atoms in total. The number of hydrogen-bond acceptors (Lipinski definition) is 3. The molecule has 0 aromatic heterocycles. The van der Waals surface area contributed by atoms with Crippen molar-refractivity contribution in [1.82, 2.24) is 0 Å². The summed E-state index contributed by atoms with van der Waals surface area (Å²) in [6, 6.07) is 24.9. The van der Waals surface area contributed by atoms with Crippen LogP contribution in [0.5, 0.6) is 11.5 Å². The second-order valence-electron chi connectivity index (χ2n) is 7.14. The Kier molecular flexibility index (Phi) is 8.34. The molecule has 0 spiro atoms. The molecule has 0 aliphatic rings. The molecule has 156 valence electrons. The number of benzene rings is 3. The molecule has 0 heterocycles. The topological polar surface area (TPSA) is 47.6 Å². The third-order valence-electron chi connectivity index (χ3n) is 4.75. The Morgan fingerprint density at radius 3 is 2.07 bits per heavy atom. The lowest BCUT2D eigenvalue weighted by Crippen LogP contribution is -2.11. The maximum Gasteiger partial charge on any atom is 0.255 e. The molecule has 3 rings (SSSR count). The Balaban J connectivity index is 1.44. The van der Waals surface area contributed by atoms with Crippen LogP contribution in [-0.4, -0.2) is 19.1 Å². The SMILES string of the molecule is CCCCCOc1ccc(C(=O)Nc2ccc(OCCc3ccccc3)cc2)cc1. The van der Waals surface area contributed by atoms with Gasteiger partial charge in [0, 0.05) is 17.7 Å². The quantitative estimate of drug-likeness (QED) is 0.392. The lowest BCUT2D eigenvalue weighted by atomic mass is 10.2. The molecule has 3 aromatic rings. The summed E-state index contributed by atoms with van der Waals surface area (Å²) in [5.74, 6) is 1.43. The second kappa shape index (κ2) is 11.7. The van der Waals surface area contributed by atoms with Gasteiger partial charge in [0.2, 0.25) is 0 Å². The molecule has 0 bridgehead atoms. The molecule has 1 amide bonds. The number of rotatable bonds is 11. The highest BCUT2D eigenvalue weighted by Gasteiger charge is 2.07. The summed E-state index contributed by atoms with van der Waals surface area (Å²) in [7, 11) is 0. The summed E-state index contributed by atoms with van der Waals surface area (Å²) in [6.45, 7) is 3.49. The molecule has 0 unspecified atom stereocenters. The molecule has 0 aliphatic heterocycles. The number of carbonyl (C=O) groups excluding carboxylic acids is 1. The fourth-order valence-corrected chi connectivity index (χ4v) is 3.01. The summed E-state index contributed by atoms with van der Waals surface area (Å²) in [5.41, 5.74) is 2.58. The van der Waals surface area contributed by atoms with Gasteiger partial charge >= 0.3 is 0 Å². The molecule has 3 aromatic carbocycles. The van der Waals surface area contributed by atoms with Crippen LogP contribution in [0.25, 0.3) is 0 Å². The van der Waals surface area contributed by atoms with Crippen LogP contribution < -0.4 is 14.8 Å². The lowest BCUT2D eigenvalue weighted by molar-refractivity contribution is 0.102. The molecule has 4 heteroatoms. The number of anilines is 1. The Labute approximate surface area is 178 Å². The van der Waals surface area contributed by atoms with Gasteiger partial charge in [0.1, 0.15) is 11.5 Å². The number of carbonyl (C=O) groups is 1. The Hall–Kier alpha value is -3.27. The summed E-state index contributed by atoms with van der Waals surface area (Å²) < 4.78 is 11.5. The summed E-state index contributed by atoms with van der Waals surface area (Å²) in [4.78, 5) is 12.5. The van der Waals surface area contributed by atoms with Crippen LogP contribution in [0.3, 0.4) is 0 Å². The fraction of sp³-hybridized carbons (Fsp3) is 0.269. The normalized spacial score (nSPS) is 10.4.